The summed E-state index contributed by atoms with van der Waals surface area (Å²) in [4.78, 5) is 4.08. The summed E-state index contributed by atoms with van der Waals surface area (Å²) in [5, 5.41) is 1.53. The van der Waals surface area contributed by atoms with E-state index in [9.17, 15) is 0 Å². The second-order valence-electron chi connectivity index (χ2n) is 3.25. The number of hydrogen-bond acceptors (Lipinski definition) is 1. The van der Waals surface area contributed by atoms with Gasteiger partial charge in [0, 0.05) is 15.3 Å². The minimum Gasteiger partial charge on any atom is -0.243 e. The largest absolute Gasteiger partial charge is 0.243 e. The zero-order valence-electron chi connectivity index (χ0n) is 8.15. The zero-order valence-corrected chi connectivity index (χ0v) is 13.3. The van der Waals surface area contributed by atoms with E-state index in [4.69, 9.17) is 46.4 Å². The number of rotatable bonds is 1. The summed E-state index contributed by atoms with van der Waals surface area (Å²) in [6, 6.07) is 5.34. The van der Waals surface area contributed by atoms with Gasteiger partial charge < -0.3 is 0 Å². The van der Waals surface area contributed by atoms with E-state index in [2.05, 4.69) is 27.6 Å². The molecule has 1 aromatic carbocycles. The Morgan fingerprint density at radius 3 is 2.12 bits per heavy atom. The van der Waals surface area contributed by atoms with Gasteiger partial charge in [-0.25, -0.2) is 4.98 Å². The molecular weight excluding hydrogens is 415 g/mol. The lowest BCUT2D eigenvalue weighted by Gasteiger charge is -2.07. The van der Waals surface area contributed by atoms with E-state index in [1.54, 1.807) is 18.3 Å². The highest BCUT2D eigenvalue weighted by Gasteiger charge is 2.11. The van der Waals surface area contributed by atoms with Crippen molar-refractivity contribution < 1.29 is 0 Å². The molecular formula is C11H4Cl4IN. The van der Waals surface area contributed by atoms with Crippen LogP contribution in [0.5, 0.6) is 0 Å². The summed E-state index contributed by atoms with van der Waals surface area (Å²) in [6.07, 6.45) is 1.69. The van der Waals surface area contributed by atoms with Crippen molar-refractivity contribution in [1.29, 1.82) is 0 Å². The van der Waals surface area contributed by atoms with Crippen molar-refractivity contribution in [2.75, 3.05) is 0 Å². The molecule has 0 saturated heterocycles. The van der Waals surface area contributed by atoms with Gasteiger partial charge in [0.05, 0.1) is 15.1 Å². The molecule has 0 spiro atoms. The van der Waals surface area contributed by atoms with Crippen LogP contribution >= 0.6 is 69.0 Å². The zero-order chi connectivity index (χ0) is 12.6. The Labute approximate surface area is 132 Å². The molecule has 0 aliphatic carbocycles. The molecule has 0 N–H and O–H groups in total. The van der Waals surface area contributed by atoms with Crippen LogP contribution in [-0.4, -0.2) is 4.98 Å². The van der Waals surface area contributed by atoms with Gasteiger partial charge in [-0.3, -0.25) is 0 Å². The monoisotopic (exact) mass is 417 g/mol. The van der Waals surface area contributed by atoms with Gasteiger partial charge in [0.15, 0.2) is 0 Å². The van der Waals surface area contributed by atoms with Crippen molar-refractivity contribution >= 4 is 69.0 Å². The standard InChI is InChI=1S/C11H4Cl4IN/c12-8-1-5(2-9(13)10(8)14)7-3-6(16)4-17-11(7)15/h1-4H. The van der Waals surface area contributed by atoms with E-state index >= 15 is 0 Å². The summed E-state index contributed by atoms with van der Waals surface area (Å²) in [5.74, 6) is 0. The van der Waals surface area contributed by atoms with Gasteiger partial charge in [-0.2, -0.15) is 0 Å². The van der Waals surface area contributed by atoms with Crippen molar-refractivity contribution in [2.24, 2.45) is 0 Å². The highest BCUT2D eigenvalue weighted by Crippen LogP contribution is 2.37. The Morgan fingerprint density at radius 1 is 0.941 bits per heavy atom. The van der Waals surface area contributed by atoms with Crippen LogP contribution in [0.25, 0.3) is 11.1 Å². The van der Waals surface area contributed by atoms with Gasteiger partial charge in [-0.1, -0.05) is 46.4 Å². The van der Waals surface area contributed by atoms with Crippen LogP contribution in [-0.2, 0) is 0 Å². The third-order valence-corrected chi connectivity index (χ3v) is 4.19. The van der Waals surface area contributed by atoms with Crippen LogP contribution in [0, 0.1) is 3.57 Å². The Kier molecular flexibility index (Phi) is 4.42. The van der Waals surface area contributed by atoms with Gasteiger partial charge in [-0.15, -0.1) is 0 Å². The van der Waals surface area contributed by atoms with Crippen molar-refractivity contribution in [3.8, 4) is 11.1 Å². The molecule has 0 fully saturated rings. The average Bonchev–Trinajstić information content (AvgIpc) is 2.28. The summed E-state index contributed by atoms with van der Waals surface area (Å²) >= 11 is 26.1. The Morgan fingerprint density at radius 2 is 1.53 bits per heavy atom. The van der Waals surface area contributed by atoms with Gasteiger partial charge in [0.2, 0.25) is 0 Å². The number of hydrogen-bond donors (Lipinski definition) is 0. The molecule has 0 aliphatic heterocycles. The van der Waals surface area contributed by atoms with E-state index in [1.165, 1.54) is 0 Å². The first-order valence-corrected chi connectivity index (χ1v) is 7.04. The van der Waals surface area contributed by atoms with Gasteiger partial charge in [-0.05, 0) is 46.4 Å². The fourth-order valence-electron chi connectivity index (χ4n) is 1.34. The molecule has 2 rings (SSSR count). The maximum Gasteiger partial charge on any atom is 0.136 e. The number of halogens is 5. The molecule has 2 aromatic rings. The fourth-order valence-corrected chi connectivity index (χ4v) is 2.60. The fraction of sp³-hybridized carbons (Fsp3) is 0. The van der Waals surface area contributed by atoms with E-state index < -0.39 is 0 Å². The van der Waals surface area contributed by atoms with E-state index in [1.807, 2.05) is 6.07 Å². The molecule has 88 valence electrons. The number of benzene rings is 1. The highest BCUT2D eigenvalue weighted by atomic mass is 127. The molecule has 0 aliphatic rings. The Hall–Kier alpha value is 0.260. The van der Waals surface area contributed by atoms with Gasteiger partial charge >= 0.3 is 0 Å². The van der Waals surface area contributed by atoms with E-state index in [-0.39, 0.29) is 0 Å². The molecule has 0 saturated carbocycles. The molecule has 1 aromatic heterocycles. The van der Waals surface area contributed by atoms with Crippen LogP contribution < -0.4 is 0 Å². The van der Waals surface area contributed by atoms with Crippen LogP contribution in [0.2, 0.25) is 20.2 Å². The van der Waals surface area contributed by atoms with Crippen LogP contribution in [0.4, 0.5) is 0 Å². The maximum atomic E-state index is 6.04. The van der Waals surface area contributed by atoms with Crippen LogP contribution in [0.1, 0.15) is 0 Å². The highest BCUT2D eigenvalue weighted by molar-refractivity contribution is 14.1. The summed E-state index contributed by atoms with van der Waals surface area (Å²) in [6.45, 7) is 0. The Balaban J connectivity index is 2.64. The predicted octanol–water partition coefficient (Wildman–Crippen LogP) is 5.97. The quantitative estimate of drug-likeness (QED) is 0.316. The summed E-state index contributed by atoms with van der Waals surface area (Å²) in [7, 11) is 0. The second-order valence-corrected chi connectivity index (χ2v) is 6.04. The second kappa shape index (κ2) is 5.49. The molecule has 1 nitrogen and oxygen atoms in total. The molecule has 0 atom stereocenters. The van der Waals surface area contributed by atoms with Crippen molar-refractivity contribution in [1.82, 2.24) is 4.98 Å². The minimum atomic E-state index is 0.340. The van der Waals surface area contributed by atoms with E-state index in [0.29, 0.717) is 20.2 Å². The van der Waals surface area contributed by atoms with Gasteiger partial charge in [0.1, 0.15) is 5.15 Å². The smallest absolute Gasteiger partial charge is 0.136 e. The number of nitrogens with zero attached hydrogens (tertiary/aromatic N) is 1. The normalized spacial score (nSPS) is 10.6. The van der Waals surface area contributed by atoms with Gasteiger partial charge in [0.25, 0.3) is 0 Å². The lowest BCUT2D eigenvalue weighted by atomic mass is 10.1. The number of pyridine rings is 1. The number of aromatic nitrogens is 1. The molecule has 0 unspecified atom stereocenters. The molecule has 6 heteroatoms. The molecule has 17 heavy (non-hydrogen) atoms. The van der Waals surface area contributed by atoms with Crippen LogP contribution in [0.15, 0.2) is 24.4 Å². The third kappa shape index (κ3) is 2.99. The lowest BCUT2D eigenvalue weighted by molar-refractivity contribution is 1.31. The maximum absolute atomic E-state index is 6.04. The first kappa shape index (κ1) is 13.7. The molecule has 0 bridgehead atoms. The molecule has 0 amide bonds. The first-order valence-electron chi connectivity index (χ1n) is 4.45. The lowest BCUT2D eigenvalue weighted by Crippen LogP contribution is -1.86. The Bertz CT molecular complexity index is 563. The van der Waals surface area contributed by atoms with Crippen molar-refractivity contribution in [3.63, 3.8) is 0 Å². The molecule has 0 radical (unpaired) electrons. The van der Waals surface area contributed by atoms with Crippen LogP contribution in [0.3, 0.4) is 0 Å². The van der Waals surface area contributed by atoms with Crippen molar-refractivity contribution in [2.45, 2.75) is 0 Å². The van der Waals surface area contributed by atoms with E-state index in [0.717, 1.165) is 14.7 Å². The minimum absolute atomic E-state index is 0.340. The topological polar surface area (TPSA) is 12.9 Å². The molecule has 1 heterocycles. The predicted molar refractivity (Wildman–Crippen MR) is 82.4 cm³/mol. The summed E-state index contributed by atoms with van der Waals surface area (Å²) in [5.41, 5.74) is 1.57. The van der Waals surface area contributed by atoms with Crippen molar-refractivity contribution in [3.05, 3.63) is 48.2 Å². The average molecular weight is 419 g/mol. The third-order valence-electron chi connectivity index (χ3n) is 2.10. The summed E-state index contributed by atoms with van der Waals surface area (Å²) < 4.78 is 0.976. The first-order chi connectivity index (χ1) is 7.99. The SMILES string of the molecule is Clc1cc(-c2cc(I)cnc2Cl)cc(Cl)c1Cl.